The van der Waals surface area contributed by atoms with Crippen LogP contribution in [0.5, 0.6) is 5.75 Å². The number of aryl methyl sites for hydroxylation is 1. The van der Waals surface area contributed by atoms with Gasteiger partial charge in [-0.1, -0.05) is 0 Å². The van der Waals surface area contributed by atoms with Crippen LogP contribution in [0, 0.1) is 6.92 Å². The van der Waals surface area contributed by atoms with Crippen molar-refractivity contribution in [2.24, 2.45) is 0 Å². The molecule has 0 saturated heterocycles. The van der Waals surface area contributed by atoms with Crippen LogP contribution in [0.3, 0.4) is 0 Å². The fourth-order valence-electron chi connectivity index (χ4n) is 2.00. The summed E-state index contributed by atoms with van der Waals surface area (Å²) in [5.74, 6) is 0.178. The minimum Gasteiger partial charge on any atom is -0.484 e. The van der Waals surface area contributed by atoms with Crippen LogP contribution >= 0.6 is 0 Å². The molecule has 7 nitrogen and oxygen atoms in total. The number of carbonyl (C=O) groups excluding carboxylic acids is 2. The Hall–Kier alpha value is -2.96. The number of carbonyl (C=O) groups is 2. The standard InChI is InChI=1S/C17H19N3O4/c1-12-3-8-17(23)20(19-12)10-9-18-16(22)11-24-15-6-4-14(5-7-15)13(2)21/h3-8H,9-11H2,1-2H3,(H,18,22). The number of hydrogen-bond acceptors (Lipinski definition) is 5. The van der Waals surface area contributed by atoms with E-state index in [9.17, 15) is 14.4 Å². The molecule has 1 aromatic carbocycles. The molecule has 0 unspecified atom stereocenters. The van der Waals surface area contributed by atoms with Gasteiger partial charge in [-0.15, -0.1) is 0 Å². The quantitative estimate of drug-likeness (QED) is 0.764. The van der Waals surface area contributed by atoms with Crippen LogP contribution in [0.1, 0.15) is 23.0 Å². The molecule has 126 valence electrons. The Morgan fingerprint density at radius 2 is 1.88 bits per heavy atom. The van der Waals surface area contributed by atoms with Crippen molar-refractivity contribution >= 4 is 11.7 Å². The maximum absolute atomic E-state index is 11.7. The Morgan fingerprint density at radius 3 is 2.54 bits per heavy atom. The molecule has 24 heavy (non-hydrogen) atoms. The van der Waals surface area contributed by atoms with E-state index in [2.05, 4.69) is 10.4 Å². The number of ether oxygens (including phenoxy) is 1. The highest BCUT2D eigenvalue weighted by Crippen LogP contribution is 2.12. The van der Waals surface area contributed by atoms with Gasteiger partial charge >= 0.3 is 0 Å². The van der Waals surface area contributed by atoms with Gasteiger partial charge in [0.15, 0.2) is 12.4 Å². The molecule has 1 aromatic heterocycles. The minimum atomic E-state index is -0.300. The van der Waals surface area contributed by atoms with Crippen molar-refractivity contribution < 1.29 is 14.3 Å². The van der Waals surface area contributed by atoms with Crippen molar-refractivity contribution in [1.29, 1.82) is 0 Å². The number of aromatic nitrogens is 2. The summed E-state index contributed by atoms with van der Waals surface area (Å²) in [5, 5.41) is 6.74. The normalized spacial score (nSPS) is 10.2. The van der Waals surface area contributed by atoms with Gasteiger partial charge in [0.1, 0.15) is 5.75 Å². The number of hydrogen-bond donors (Lipinski definition) is 1. The molecule has 0 spiro atoms. The molecule has 7 heteroatoms. The molecule has 0 atom stereocenters. The SMILES string of the molecule is CC(=O)c1ccc(OCC(=O)NCCn2nc(C)ccc2=O)cc1. The predicted molar refractivity (Wildman–Crippen MR) is 88.2 cm³/mol. The molecule has 2 rings (SSSR count). The van der Waals surface area contributed by atoms with Gasteiger partial charge in [0.05, 0.1) is 12.2 Å². The first-order valence-electron chi connectivity index (χ1n) is 7.51. The van der Waals surface area contributed by atoms with E-state index < -0.39 is 0 Å². The molecular formula is C17H19N3O4. The number of ketones is 1. The Labute approximate surface area is 139 Å². The second-order valence-corrected chi connectivity index (χ2v) is 5.26. The Balaban J connectivity index is 1.76. The Kier molecular flexibility index (Phi) is 5.83. The van der Waals surface area contributed by atoms with Gasteiger partial charge in [0.2, 0.25) is 0 Å². The van der Waals surface area contributed by atoms with Gasteiger partial charge in [-0.3, -0.25) is 14.4 Å². The van der Waals surface area contributed by atoms with E-state index in [1.807, 2.05) is 0 Å². The second kappa shape index (κ2) is 8.05. The average molecular weight is 329 g/mol. The monoisotopic (exact) mass is 329 g/mol. The molecule has 2 aromatic rings. The van der Waals surface area contributed by atoms with Gasteiger partial charge < -0.3 is 10.1 Å². The van der Waals surface area contributed by atoms with Crippen molar-refractivity contribution in [3.05, 3.63) is 58.0 Å². The van der Waals surface area contributed by atoms with Gasteiger partial charge in [-0.05, 0) is 44.2 Å². The summed E-state index contributed by atoms with van der Waals surface area (Å²) in [5.41, 5.74) is 1.11. The zero-order valence-electron chi connectivity index (χ0n) is 13.6. The molecule has 0 saturated carbocycles. The van der Waals surface area contributed by atoms with Crippen LogP contribution in [0.4, 0.5) is 0 Å². The lowest BCUT2D eigenvalue weighted by Crippen LogP contribution is -2.34. The molecule has 0 bridgehead atoms. The summed E-state index contributed by atoms with van der Waals surface area (Å²) in [6, 6.07) is 9.65. The molecule has 0 aliphatic heterocycles. The van der Waals surface area contributed by atoms with Crippen LogP contribution < -0.4 is 15.6 Å². The number of benzene rings is 1. The number of amides is 1. The first kappa shape index (κ1) is 17.4. The highest BCUT2D eigenvalue weighted by molar-refractivity contribution is 5.94. The lowest BCUT2D eigenvalue weighted by Gasteiger charge is -2.09. The predicted octanol–water partition coefficient (Wildman–Crippen LogP) is 0.950. The average Bonchev–Trinajstić information content (AvgIpc) is 2.56. The summed E-state index contributed by atoms with van der Waals surface area (Å²) in [4.78, 5) is 34.5. The highest BCUT2D eigenvalue weighted by Gasteiger charge is 2.05. The van der Waals surface area contributed by atoms with Crippen LogP contribution in [-0.2, 0) is 11.3 Å². The molecule has 0 aliphatic rings. The number of nitrogens with one attached hydrogen (secondary N) is 1. The summed E-state index contributed by atoms with van der Waals surface area (Å²) in [6.07, 6.45) is 0. The third kappa shape index (κ3) is 5.05. The zero-order chi connectivity index (χ0) is 17.5. The van der Waals surface area contributed by atoms with Gasteiger partial charge in [0.25, 0.3) is 11.5 Å². The topological polar surface area (TPSA) is 90.3 Å². The van der Waals surface area contributed by atoms with Crippen molar-refractivity contribution in [1.82, 2.24) is 15.1 Å². The maximum Gasteiger partial charge on any atom is 0.266 e. The Morgan fingerprint density at radius 1 is 1.17 bits per heavy atom. The molecule has 1 amide bonds. The molecule has 0 radical (unpaired) electrons. The van der Waals surface area contributed by atoms with E-state index in [1.54, 1.807) is 37.3 Å². The molecule has 1 N–H and O–H groups in total. The second-order valence-electron chi connectivity index (χ2n) is 5.26. The van der Waals surface area contributed by atoms with E-state index in [-0.39, 0.29) is 30.4 Å². The lowest BCUT2D eigenvalue weighted by atomic mass is 10.1. The highest BCUT2D eigenvalue weighted by atomic mass is 16.5. The van der Waals surface area contributed by atoms with Gasteiger partial charge in [-0.2, -0.15) is 5.10 Å². The van der Waals surface area contributed by atoms with Crippen molar-refractivity contribution in [2.75, 3.05) is 13.2 Å². The van der Waals surface area contributed by atoms with E-state index in [1.165, 1.54) is 17.7 Å². The van der Waals surface area contributed by atoms with Crippen LogP contribution in [-0.4, -0.2) is 34.6 Å². The molecule has 1 heterocycles. The smallest absolute Gasteiger partial charge is 0.266 e. The molecule has 0 aliphatic carbocycles. The summed E-state index contributed by atoms with van der Waals surface area (Å²) < 4.78 is 6.64. The number of rotatable bonds is 7. The fourth-order valence-corrected chi connectivity index (χ4v) is 2.00. The number of nitrogens with zero attached hydrogens (tertiary/aromatic N) is 2. The summed E-state index contributed by atoms with van der Waals surface area (Å²) >= 11 is 0. The third-order valence-corrected chi connectivity index (χ3v) is 3.28. The third-order valence-electron chi connectivity index (χ3n) is 3.28. The van der Waals surface area contributed by atoms with E-state index >= 15 is 0 Å². The van der Waals surface area contributed by atoms with E-state index in [0.717, 1.165) is 5.69 Å². The Bertz CT molecular complexity index is 781. The van der Waals surface area contributed by atoms with Gasteiger partial charge in [-0.25, -0.2) is 4.68 Å². The van der Waals surface area contributed by atoms with Crippen molar-refractivity contribution in [3.63, 3.8) is 0 Å². The van der Waals surface area contributed by atoms with Gasteiger partial charge in [0, 0.05) is 18.2 Å². The zero-order valence-corrected chi connectivity index (χ0v) is 13.6. The minimum absolute atomic E-state index is 0.0284. The first-order chi connectivity index (χ1) is 11.5. The fraction of sp³-hybridized carbons (Fsp3) is 0.294. The van der Waals surface area contributed by atoms with Crippen molar-refractivity contribution in [3.8, 4) is 5.75 Å². The summed E-state index contributed by atoms with van der Waals surface area (Å²) in [6.45, 7) is 3.70. The molecule has 0 fully saturated rings. The first-order valence-corrected chi connectivity index (χ1v) is 7.51. The summed E-state index contributed by atoms with van der Waals surface area (Å²) in [7, 11) is 0. The van der Waals surface area contributed by atoms with E-state index in [0.29, 0.717) is 17.9 Å². The lowest BCUT2D eigenvalue weighted by molar-refractivity contribution is -0.123. The van der Waals surface area contributed by atoms with Crippen LogP contribution in [0.25, 0.3) is 0 Å². The van der Waals surface area contributed by atoms with E-state index in [4.69, 9.17) is 4.74 Å². The number of Topliss-reactive ketones (excluding diaryl/α,β-unsaturated/α-hetero) is 1. The van der Waals surface area contributed by atoms with Crippen molar-refractivity contribution in [2.45, 2.75) is 20.4 Å². The maximum atomic E-state index is 11.7. The molecular weight excluding hydrogens is 310 g/mol. The van der Waals surface area contributed by atoms with Crippen LogP contribution in [0.2, 0.25) is 0 Å². The largest absolute Gasteiger partial charge is 0.484 e. The van der Waals surface area contributed by atoms with Crippen LogP contribution in [0.15, 0.2) is 41.2 Å².